The number of fused-ring (bicyclic) bond motifs is 1. The van der Waals surface area contributed by atoms with Gasteiger partial charge < -0.3 is 9.64 Å². The van der Waals surface area contributed by atoms with E-state index in [-0.39, 0.29) is 16.7 Å². The van der Waals surface area contributed by atoms with Crippen LogP contribution in [0.4, 0.5) is 18.9 Å². The van der Waals surface area contributed by atoms with Gasteiger partial charge in [0.1, 0.15) is 12.1 Å². The first-order valence-corrected chi connectivity index (χ1v) is 11.1. The fourth-order valence-corrected chi connectivity index (χ4v) is 3.84. The summed E-state index contributed by atoms with van der Waals surface area (Å²) in [6.07, 6.45) is -0.0258. The van der Waals surface area contributed by atoms with Crippen LogP contribution in [0, 0.1) is 0 Å². The number of pyridine rings is 1. The van der Waals surface area contributed by atoms with Crippen molar-refractivity contribution in [2.45, 2.75) is 24.2 Å². The Balaban J connectivity index is 1.56. The molecular formula is C20H17F3N4O3S. The molecule has 0 atom stereocenters. The highest BCUT2D eigenvalue weighted by Crippen LogP contribution is 2.33. The number of hydrogen-bond donors (Lipinski definition) is 0. The maximum Gasteiger partial charge on any atom is 0.416 e. The highest BCUT2D eigenvalue weighted by molar-refractivity contribution is 7.90. The summed E-state index contributed by atoms with van der Waals surface area (Å²) >= 11 is 0. The Morgan fingerprint density at radius 3 is 2.48 bits per heavy atom. The van der Waals surface area contributed by atoms with Crippen LogP contribution in [0.5, 0.6) is 11.6 Å². The molecule has 0 amide bonds. The Morgan fingerprint density at radius 1 is 1.06 bits per heavy atom. The Bertz CT molecular complexity index is 1220. The predicted molar refractivity (Wildman–Crippen MR) is 106 cm³/mol. The summed E-state index contributed by atoms with van der Waals surface area (Å²) in [6, 6.07) is 7.63. The third kappa shape index (κ3) is 4.61. The van der Waals surface area contributed by atoms with Gasteiger partial charge in [0.25, 0.3) is 0 Å². The van der Waals surface area contributed by atoms with Crippen molar-refractivity contribution in [1.82, 2.24) is 15.0 Å². The molecule has 2 aromatic heterocycles. The average Bonchev–Trinajstić information content (AvgIpc) is 2.73. The zero-order valence-electron chi connectivity index (χ0n) is 16.3. The van der Waals surface area contributed by atoms with Crippen LogP contribution in [0.15, 0.2) is 53.9 Å². The maximum absolute atomic E-state index is 12.7. The summed E-state index contributed by atoms with van der Waals surface area (Å²) in [4.78, 5) is 14.3. The standard InChI is InChI=1S/C20H17F3N4O3S/c1-31(28,29)18-10-14(6-8-24-18)27-9-7-16-17(11-27)25-12-26-19(16)30-15-4-2-13(3-5-15)20(21,22)23/h2-6,8,10,12H,7,9,11H2,1H3. The molecule has 31 heavy (non-hydrogen) atoms. The second-order valence-electron chi connectivity index (χ2n) is 7.02. The lowest BCUT2D eigenvalue weighted by Gasteiger charge is -2.30. The monoisotopic (exact) mass is 450 g/mol. The highest BCUT2D eigenvalue weighted by Gasteiger charge is 2.30. The molecule has 0 radical (unpaired) electrons. The van der Waals surface area contributed by atoms with Crippen molar-refractivity contribution in [3.63, 3.8) is 0 Å². The van der Waals surface area contributed by atoms with Crippen molar-refractivity contribution >= 4 is 15.5 Å². The Labute approximate surface area is 176 Å². The molecule has 4 rings (SSSR count). The van der Waals surface area contributed by atoms with Gasteiger partial charge in [0.2, 0.25) is 5.88 Å². The first kappa shape index (κ1) is 21.0. The molecule has 0 N–H and O–H groups in total. The third-order valence-electron chi connectivity index (χ3n) is 4.83. The van der Waals surface area contributed by atoms with Crippen molar-refractivity contribution in [2.75, 3.05) is 17.7 Å². The van der Waals surface area contributed by atoms with E-state index < -0.39 is 21.6 Å². The first-order chi connectivity index (χ1) is 14.6. The second-order valence-corrected chi connectivity index (χ2v) is 8.99. The van der Waals surface area contributed by atoms with Gasteiger partial charge >= 0.3 is 6.18 Å². The normalized spacial score (nSPS) is 14.3. The fourth-order valence-electron chi connectivity index (χ4n) is 3.25. The maximum atomic E-state index is 12.7. The van der Waals surface area contributed by atoms with Crippen LogP contribution < -0.4 is 9.64 Å². The van der Waals surface area contributed by atoms with E-state index in [1.807, 2.05) is 4.90 Å². The lowest BCUT2D eigenvalue weighted by Crippen LogP contribution is -2.31. The van der Waals surface area contributed by atoms with Gasteiger partial charge in [-0.25, -0.2) is 23.4 Å². The van der Waals surface area contributed by atoms with E-state index in [0.717, 1.165) is 24.0 Å². The number of benzene rings is 1. The van der Waals surface area contributed by atoms with Crippen LogP contribution in [0.1, 0.15) is 16.8 Å². The van der Waals surface area contributed by atoms with Crippen LogP contribution in [0.25, 0.3) is 0 Å². The minimum absolute atomic E-state index is 0.00943. The third-order valence-corrected chi connectivity index (χ3v) is 5.81. The van der Waals surface area contributed by atoms with E-state index in [0.29, 0.717) is 30.9 Å². The molecular weight excluding hydrogens is 433 g/mol. The van der Waals surface area contributed by atoms with Crippen LogP contribution >= 0.6 is 0 Å². The smallest absolute Gasteiger partial charge is 0.416 e. The molecule has 1 aromatic carbocycles. The van der Waals surface area contributed by atoms with Gasteiger partial charge in [0.05, 0.1) is 17.8 Å². The highest BCUT2D eigenvalue weighted by atomic mass is 32.2. The number of ether oxygens (including phenoxy) is 1. The van der Waals surface area contributed by atoms with Crippen LogP contribution in [0.3, 0.4) is 0 Å². The summed E-state index contributed by atoms with van der Waals surface area (Å²) in [5.41, 5.74) is 1.40. The van der Waals surface area contributed by atoms with Gasteiger partial charge in [-0.15, -0.1) is 0 Å². The molecule has 0 unspecified atom stereocenters. The zero-order chi connectivity index (χ0) is 22.2. The molecule has 3 aromatic rings. The second kappa shape index (κ2) is 7.80. The summed E-state index contributed by atoms with van der Waals surface area (Å²) in [5, 5.41) is -0.00943. The molecule has 0 saturated carbocycles. The number of hydrogen-bond acceptors (Lipinski definition) is 7. The minimum atomic E-state index is -4.42. The van der Waals surface area contributed by atoms with Gasteiger partial charge in [-0.3, -0.25) is 0 Å². The molecule has 3 heterocycles. The van der Waals surface area contributed by atoms with Crippen molar-refractivity contribution in [3.8, 4) is 11.6 Å². The molecule has 1 aliphatic rings. The Morgan fingerprint density at radius 2 is 1.81 bits per heavy atom. The number of rotatable bonds is 4. The lowest BCUT2D eigenvalue weighted by atomic mass is 10.1. The van der Waals surface area contributed by atoms with Crippen molar-refractivity contribution in [1.29, 1.82) is 0 Å². The number of sulfone groups is 1. The van der Waals surface area contributed by atoms with Gasteiger partial charge in [-0.05, 0) is 42.8 Å². The number of halogens is 3. The van der Waals surface area contributed by atoms with Crippen molar-refractivity contribution in [3.05, 3.63) is 65.7 Å². The average molecular weight is 450 g/mol. The van der Waals surface area contributed by atoms with Crippen molar-refractivity contribution in [2.24, 2.45) is 0 Å². The fraction of sp³-hybridized carbons (Fsp3) is 0.250. The predicted octanol–water partition coefficient (Wildman–Crippen LogP) is 3.65. The van der Waals surface area contributed by atoms with E-state index in [4.69, 9.17) is 4.74 Å². The topological polar surface area (TPSA) is 85.3 Å². The number of alkyl halides is 3. The molecule has 0 bridgehead atoms. The lowest BCUT2D eigenvalue weighted by molar-refractivity contribution is -0.137. The summed E-state index contributed by atoms with van der Waals surface area (Å²) in [7, 11) is -3.43. The quantitative estimate of drug-likeness (QED) is 0.600. The van der Waals surface area contributed by atoms with Gasteiger partial charge in [-0.2, -0.15) is 13.2 Å². The van der Waals surface area contributed by atoms with Gasteiger partial charge in [0.15, 0.2) is 14.9 Å². The molecule has 7 nitrogen and oxygen atoms in total. The Kier molecular flexibility index (Phi) is 5.29. The molecule has 1 aliphatic heterocycles. The van der Waals surface area contributed by atoms with E-state index in [1.54, 1.807) is 6.07 Å². The number of aromatic nitrogens is 3. The first-order valence-electron chi connectivity index (χ1n) is 9.20. The van der Waals surface area contributed by atoms with E-state index >= 15 is 0 Å². The Hall–Kier alpha value is -3.21. The van der Waals surface area contributed by atoms with Crippen LogP contribution in [-0.4, -0.2) is 36.2 Å². The van der Waals surface area contributed by atoms with Crippen molar-refractivity contribution < 1.29 is 26.3 Å². The summed E-state index contributed by atoms with van der Waals surface area (Å²) in [6.45, 7) is 0.950. The van der Waals surface area contributed by atoms with E-state index in [9.17, 15) is 21.6 Å². The van der Waals surface area contributed by atoms with Crippen LogP contribution in [0.2, 0.25) is 0 Å². The number of anilines is 1. The molecule has 162 valence electrons. The van der Waals surface area contributed by atoms with Crippen LogP contribution in [-0.2, 0) is 29.0 Å². The zero-order valence-corrected chi connectivity index (χ0v) is 17.1. The summed E-state index contributed by atoms with van der Waals surface area (Å²) in [5.74, 6) is 0.527. The SMILES string of the molecule is CS(=O)(=O)c1cc(N2CCc3c(ncnc3Oc3ccc(C(F)(F)F)cc3)C2)ccn1. The van der Waals surface area contributed by atoms with E-state index in [1.165, 1.54) is 30.7 Å². The molecule has 0 spiro atoms. The molecule has 0 saturated heterocycles. The van der Waals surface area contributed by atoms with Gasteiger partial charge in [0, 0.05) is 30.2 Å². The summed E-state index contributed by atoms with van der Waals surface area (Å²) < 4.78 is 67.5. The molecule has 0 fully saturated rings. The van der Waals surface area contributed by atoms with Gasteiger partial charge in [-0.1, -0.05) is 0 Å². The molecule has 0 aliphatic carbocycles. The largest absolute Gasteiger partial charge is 0.439 e. The van der Waals surface area contributed by atoms with E-state index in [2.05, 4.69) is 15.0 Å². The minimum Gasteiger partial charge on any atom is -0.439 e. The molecule has 11 heteroatoms. The number of nitrogens with zero attached hydrogens (tertiary/aromatic N) is 4.